The molecule has 8 nitrogen and oxygen atoms in total. The molecule has 0 fully saturated rings. The topological polar surface area (TPSA) is 87.8 Å². The largest absolute Gasteiger partial charge is 0.490 e. The van der Waals surface area contributed by atoms with E-state index in [1.54, 1.807) is 29.2 Å². The van der Waals surface area contributed by atoms with Gasteiger partial charge in [0.05, 0.1) is 31.6 Å². The molecule has 0 spiro atoms. The first-order chi connectivity index (χ1) is 17.4. The van der Waals surface area contributed by atoms with E-state index in [0.29, 0.717) is 42.7 Å². The smallest absolute Gasteiger partial charge is 0.291 e. The zero-order chi connectivity index (χ0) is 25.5. The van der Waals surface area contributed by atoms with E-state index in [2.05, 4.69) is 10.4 Å². The zero-order valence-electron chi connectivity index (χ0n) is 21.0. The minimum absolute atomic E-state index is 0.204. The molecule has 2 aromatic heterocycles. The van der Waals surface area contributed by atoms with Crippen LogP contribution in [-0.4, -0.2) is 28.9 Å². The lowest BCUT2D eigenvalue weighted by Gasteiger charge is -2.12. The number of ether oxygens (including phenoxy) is 3. The van der Waals surface area contributed by atoms with E-state index in [0.717, 1.165) is 22.4 Å². The van der Waals surface area contributed by atoms with Crippen LogP contribution in [0.15, 0.2) is 65.3 Å². The first kappa shape index (κ1) is 24.9. The second kappa shape index (κ2) is 11.5. The monoisotopic (exact) mass is 489 g/mol. The molecule has 4 aromatic rings. The summed E-state index contributed by atoms with van der Waals surface area (Å²) in [6.07, 6.45) is 3.37. The van der Waals surface area contributed by atoms with Crippen molar-refractivity contribution in [1.82, 2.24) is 9.78 Å². The Balaban J connectivity index is 1.35. The number of amides is 1. The van der Waals surface area contributed by atoms with Gasteiger partial charge >= 0.3 is 0 Å². The van der Waals surface area contributed by atoms with Gasteiger partial charge in [0.1, 0.15) is 18.1 Å². The van der Waals surface area contributed by atoms with Gasteiger partial charge in [0.15, 0.2) is 17.3 Å². The van der Waals surface area contributed by atoms with Gasteiger partial charge < -0.3 is 23.9 Å². The summed E-state index contributed by atoms with van der Waals surface area (Å²) in [5, 5.41) is 7.18. The number of furan rings is 1. The van der Waals surface area contributed by atoms with Gasteiger partial charge in [-0.25, -0.2) is 0 Å². The molecule has 188 valence electrons. The van der Waals surface area contributed by atoms with Crippen molar-refractivity contribution in [3.05, 3.63) is 89.1 Å². The number of hydrogen-bond acceptors (Lipinski definition) is 6. The molecular weight excluding hydrogens is 458 g/mol. The second-order valence-electron chi connectivity index (χ2n) is 8.35. The minimum atomic E-state index is -0.354. The van der Waals surface area contributed by atoms with Crippen molar-refractivity contribution in [2.45, 2.75) is 40.8 Å². The van der Waals surface area contributed by atoms with E-state index in [9.17, 15) is 4.79 Å². The lowest BCUT2D eigenvalue weighted by atomic mass is 10.1. The number of aryl methyl sites for hydroxylation is 2. The van der Waals surface area contributed by atoms with Crippen LogP contribution < -0.4 is 19.5 Å². The van der Waals surface area contributed by atoms with Crippen LogP contribution in [0.4, 0.5) is 5.69 Å². The standard InChI is InChI=1S/C28H31N3O5/c1-5-33-24-11-9-21(14-27(24)34-6-2)16-31-17-22(15-29-31)30-28(32)25-12-10-23(36-25)18-35-26-13-19(3)7-8-20(26)4/h7-15,17H,5-6,16,18H2,1-4H3,(H,30,32). The first-order valence-electron chi connectivity index (χ1n) is 12.0. The van der Waals surface area contributed by atoms with E-state index in [1.807, 2.05) is 64.1 Å². The van der Waals surface area contributed by atoms with E-state index in [1.165, 1.54) is 0 Å². The lowest BCUT2D eigenvalue weighted by molar-refractivity contribution is 0.0992. The van der Waals surface area contributed by atoms with Gasteiger partial charge in [-0.1, -0.05) is 18.2 Å². The molecule has 4 rings (SSSR count). The van der Waals surface area contributed by atoms with Gasteiger partial charge in [0, 0.05) is 6.20 Å². The molecule has 0 unspecified atom stereocenters. The van der Waals surface area contributed by atoms with Crippen molar-refractivity contribution in [2.75, 3.05) is 18.5 Å². The van der Waals surface area contributed by atoms with Crippen LogP contribution >= 0.6 is 0 Å². The molecule has 0 atom stereocenters. The molecule has 0 saturated heterocycles. The van der Waals surface area contributed by atoms with Gasteiger partial charge in [-0.3, -0.25) is 9.48 Å². The van der Waals surface area contributed by atoms with Crippen LogP contribution in [0, 0.1) is 13.8 Å². The maximum absolute atomic E-state index is 12.7. The number of benzene rings is 2. The molecule has 1 amide bonds. The number of anilines is 1. The zero-order valence-corrected chi connectivity index (χ0v) is 21.0. The molecule has 2 heterocycles. The Morgan fingerprint density at radius 3 is 2.56 bits per heavy atom. The van der Waals surface area contributed by atoms with Crippen molar-refractivity contribution in [3.8, 4) is 17.2 Å². The molecule has 2 aromatic carbocycles. The van der Waals surface area contributed by atoms with Crippen molar-refractivity contribution < 1.29 is 23.4 Å². The Labute approximate surface area is 210 Å². The summed E-state index contributed by atoms with van der Waals surface area (Å²) in [6.45, 7) is 9.75. The summed E-state index contributed by atoms with van der Waals surface area (Å²) in [4.78, 5) is 12.7. The van der Waals surface area contributed by atoms with Crippen LogP contribution in [0.25, 0.3) is 0 Å². The maximum Gasteiger partial charge on any atom is 0.291 e. The third-order valence-electron chi connectivity index (χ3n) is 5.44. The molecule has 0 aliphatic carbocycles. The first-order valence-corrected chi connectivity index (χ1v) is 12.0. The van der Waals surface area contributed by atoms with E-state index in [4.69, 9.17) is 18.6 Å². The quantitative estimate of drug-likeness (QED) is 0.288. The van der Waals surface area contributed by atoms with E-state index in [-0.39, 0.29) is 18.3 Å². The highest BCUT2D eigenvalue weighted by molar-refractivity contribution is 6.02. The Hall–Kier alpha value is -4.20. The summed E-state index contributed by atoms with van der Waals surface area (Å²) >= 11 is 0. The lowest BCUT2D eigenvalue weighted by Crippen LogP contribution is -2.10. The van der Waals surface area contributed by atoms with Crippen LogP contribution in [0.2, 0.25) is 0 Å². The number of aromatic nitrogens is 2. The van der Waals surface area contributed by atoms with Crippen molar-refractivity contribution in [1.29, 1.82) is 0 Å². The summed E-state index contributed by atoms with van der Waals surface area (Å²) in [5.41, 5.74) is 3.73. The Morgan fingerprint density at radius 2 is 1.75 bits per heavy atom. The number of hydrogen-bond donors (Lipinski definition) is 1. The van der Waals surface area contributed by atoms with Gasteiger partial charge in [-0.05, 0) is 74.7 Å². The summed E-state index contributed by atoms with van der Waals surface area (Å²) in [6, 6.07) is 15.2. The van der Waals surface area contributed by atoms with Crippen molar-refractivity contribution in [3.63, 3.8) is 0 Å². The highest BCUT2D eigenvalue weighted by Crippen LogP contribution is 2.29. The van der Waals surface area contributed by atoms with Crippen LogP contribution in [0.5, 0.6) is 17.2 Å². The number of carbonyl (C=O) groups is 1. The van der Waals surface area contributed by atoms with Gasteiger partial charge in [0.25, 0.3) is 5.91 Å². The fourth-order valence-corrected chi connectivity index (χ4v) is 3.68. The number of nitrogens with one attached hydrogen (secondary N) is 1. The van der Waals surface area contributed by atoms with Crippen molar-refractivity contribution >= 4 is 11.6 Å². The average Bonchev–Trinajstić information content (AvgIpc) is 3.51. The molecule has 8 heteroatoms. The highest BCUT2D eigenvalue weighted by atomic mass is 16.5. The predicted octanol–water partition coefficient (Wildman–Crippen LogP) is 5.77. The van der Waals surface area contributed by atoms with Gasteiger partial charge in [0.2, 0.25) is 0 Å². The molecule has 0 aliphatic rings. The van der Waals surface area contributed by atoms with Gasteiger partial charge in [-0.2, -0.15) is 5.10 Å². The predicted molar refractivity (Wildman–Crippen MR) is 137 cm³/mol. The molecular formula is C28H31N3O5. The second-order valence-corrected chi connectivity index (χ2v) is 8.35. The molecule has 1 N–H and O–H groups in total. The fraction of sp³-hybridized carbons (Fsp3) is 0.286. The third kappa shape index (κ3) is 6.27. The number of carbonyl (C=O) groups excluding carboxylic acids is 1. The molecule has 0 radical (unpaired) electrons. The average molecular weight is 490 g/mol. The molecule has 0 aliphatic heterocycles. The molecule has 0 saturated carbocycles. The van der Waals surface area contributed by atoms with Crippen LogP contribution in [0.1, 0.15) is 46.9 Å². The Morgan fingerprint density at radius 1 is 0.944 bits per heavy atom. The maximum atomic E-state index is 12.7. The summed E-state index contributed by atoms with van der Waals surface area (Å²) < 4.78 is 24.6. The molecule has 36 heavy (non-hydrogen) atoms. The Bertz CT molecular complexity index is 1320. The minimum Gasteiger partial charge on any atom is -0.490 e. The normalized spacial score (nSPS) is 10.8. The number of rotatable bonds is 11. The highest BCUT2D eigenvalue weighted by Gasteiger charge is 2.14. The van der Waals surface area contributed by atoms with Crippen LogP contribution in [-0.2, 0) is 13.2 Å². The van der Waals surface area contributed by atoms with Crippen LogP contribution in [0.3, 0.4) is 0 Å². The number of nitrogens with zero attached hydrogens (tertiary/aromatic N) is 2. The van der Waals surface area contributed by atoms with E-state index < -0.39 is 0 Å². The summed E-state index contributed by atoms with van der Waals surface area (Å²) in [5.74, 6) is 2.63. The molecule has 0 bridgehead atoms. The fourth-order valence-electron chi connectivity index (χ4n) is 3.68. The van der Waals surface area contributed by atoms with E-state index >= 15 is 0 Å². The van der Waals surface area contributed by atoms with Gasteiger partial charge in [-0.15, -0.1) is 0 Å². The third-order valence-corrected chi connectivity index (χ3v) is 5.44. The Kier molecular flexibility index (Phi) is 7.95. The summed E-state index contributed by atoms with van der Waals surface area (Å²) in [7, 11) is 0. The van der Waals surface area contributed by atoms with Crippen molar-refractivity contribution in [2.24, 2.45) is 0 Å². The SMILES string of the molecule is CCOc1ccc(Cn2cc(NC(=O)c3ccc(COc4cc(C)ccc4C)o3)cn2)cc1OCC.